The second-order valence-corrected chi connectivity index (χ2v) is 4.74. The van der Waals surface area contributed by atoms with E-state index >= 15 is 0 Å². The lowest BCUT2D eigenvalue weighted by Gasteiger charge is -2.11. The summed E-state index contributed by atoms with van der Waals surface area (Å²) < 4.78 is 10.5. The van der Waals surface area contributed by atoms with Gasteiger partial charge in [0.1, 0.15) is 17.6 Å². The molecule has 3 rings (SSSR count). The Morgan fingerprint density at radius 1 is 1.15 bits per heavy atom. The molecule has 1 N–H and O–H groups in total. The van der Waals surface area contributed by atoms with E-state index in [4.69, 9.17) is 9.15 Å². The Morgan fingerprint density at radius 3 is 2.80 bits per heavy atom. The van der Waals surface area contributed by atoms with Gasteiger partial charge in [-0.2, -0.15) is 0 Å². The van der Waals surface area contributed by atoms with Gasteiger partial charge in [0.15, 0.2) is 0 Å². The lowest BCUT2D eigenvalue weighted by atomic mass is 9.99. The van der Waals surface area contributed by atoms with Gasteiger partial charge in [0.25, 0.3) is 0 Å². The molecule has 0 aliphatic carbocycles. The average Bonchev–Trinajstić information content (AvgIpc) is 3.01. The maximum atomic E-state index is 10.2. The zero-order chi connectivity index (χ0) is 13.9. The Hall–Kier alpha value is -2.26. The van der Waals surface area contributed by atoms with Crippen LogP contribution in [0.15, 0.2) is 59.2 Å². The molecule has 0 amide bonds. The SMILES string of the molecule is COc1ccc2cccc(CC(O)c3ccco3)c2c1. The van der Waals surface area contributed by atoms with Crippen molar-refractivity contribution >= 4 is 10.8 Å². The number of hydrogen-bond donors (Lipinski definition) is 1. The second-order valence-electron chi connectivity index (χ2n) is 4.74. The summed E-state index contributed by atoms with van der Waals surface area (Å²) in [4.78, 5) is 0. The van der Waals surface area contributed by atoms with Crippen molar-refractivity contribution in [1.82, 2.24) is 0 Å². The van der Waals surface area contributed by atoms with Crippen molar-refractivity contribution in [3.05, 3.63) is 66.1 Å². The summed E-state index contributed by atoms with van der Waals surface area (Å²) in [7, 11) is 1.65. The number of benzene rings is 2. The molecule has 20 heavy (non-hydrogen) atoms. The standard InChI is InChI=1S/C17H16O3/c1-19-14-8-7-12-4-2-5-13(15(12)11-14)10-16(18)17-6-3-9-20-17/h2-9,11,16,18H,10H2,1H3. The Kier molecular flexibility index (Phi) is 3.44. The van der Waals surface area contributed by atoms with Crippen LogP contribution in [0.2, 0.25) is 0 Å². The maximum absolute atomic E-state index is 10.2. The van der Waals surface area contributed by atoms with E-state index in [1.54, 1.807) is 25.5 Å². The van der Waals surface area contributed by atoms with Gasteiger partial charge in [0, 0.05) is 6.42 Å². The smallest absolute Gasteiger partial charge is 0.132 e. The second kappa shape index (κ2) is 5.39. The number of furan rings is 1. The fraction of sp³-hybridized carbons (Fsp3) is 0.176. The third-order valence-corrected chi connectivity index (χ3v) is 3.46. The summed E-state index contributed by atoms with van der Waals surface area (Å²) in [6.07, 6.45) is 1.45. The Bertz CT molecular complexity index is 701. The quantitative estimate of drug-likeness (QED) is 0.784. The van der Waals surface area contributed by atoms with Crippen molar-refractivity contribution in [2.75, 3.05) is 7.11 Å². The van der Waals surface area contributed by atoms with Crippen LogP contribution in [0.1, 0.15) is 17.4 Å². The molecule has 3 nitrogen and oxygen atoms in total. The largest absolute Gasteiger partial charge is 0.497 e. The molecule has 1 atom stereocenters. The Labute approximate surface area is 117 Å². The molecule has 0 aliphatic rings. The van der Waals surface area contributed by atoms with Crippen molar-refractivity contribution in [1.29, 1.82) is 0 Å². The number of aliphatic hydroxyl groups is 1. The number of hydrogen-bond acceptors (Lipinski definition) is 3. The number of fused-ring (bicyclic) bond motifs is 1. The first kappa shape index (κ1) is 12.8. The molecule has 102 valence electrons. The van der Waals surface area contributed by atoms with Crippen LogP contribution in [-0.2, 0) is 6.42 Å². The van der Waals surface area contributed by atoms with Gasteiger partial charge in [0.05, 0.1) is 13.4 Å². The molecule has 0 saturated carbocycles. The maximum Gasteiger partial charge on any atom is 0.132 e. The van der Waals surface area contributed by atoms with E-state index in [9.17, 15) is 5.11 Å². The minimum atomic E-state index is -0.637. The monoisotopic (exact) mass is 268 g/mol. The number of ether oxygens (including phenoxy) is 1. The molecule has 0 bridgehead atoms. The molecule has 0 spiro atoms. The van der Waals surface area contributed by atoms with E-state index in [-0.39, 0.29) is 0 Å². The number of methoxy groups -OCH3 is 1. The van der Waals surface area contributed by atoms with Gasteiger partial charge in [-0.05, 0) is 40.6 Å². The van der Waals surface area contributed by atoms with Crippen LogP contribution in [0.25, 0.3) is 10.8 Å². The van der Waals surface area contributed by atoms with Crippen LogP contribution in [0.5, 0.6) is 5.75 Å². The summed E-state index contributed by atoms with van der Waals surface area (Å²) in [5, 5.41) is 12.5. The lowest BCUT2D eigenvalue weighted by Crippen LogP contribution is -2.01. The van der Waals surface area contributed by atoms with Gasteiger partial charge in [-0.3, -0.25) is 0 Å². The highest BCUT2D eigenvalue weighted by atomic mass is 16.5. The predicted octanol–water partition coefficient (Wildman–Crippen LogP) is 3.72. The van der Waals surface area contributed by atoms with E-state index in [0.29, 0.717) is 12.2 Å². The van der Waals surface area contributed by atoms with Gasteiger partial charge < -0.3 is 14.3 Å². The molecular weight excluding hydrogens is 252 g/mol. The lowest BCUT2D eigenvalue weighted by molar-refractivity contribution is 0.150. The van der Waals surface area contributed by atoms with Crippen LogP contribution in [-0.4, -0.2) is 12.2 Å². The highest BCUT2D eigenvalue weighted by Crippen LogP contribution is 2.27. The summed E-state index contributed by atoms with van der Waals surface area (Å²) >= 11 is 0. The topological polar surface area (TPSA) is 42.6 Å². The highest BCUT2D eigenvalue weighted by Gasteiger charge is 2.13. The molecule has 1 heterocycles. The molecule has 0 saturated heterocycles. The number of rotatable bonds is 4. The predicted molar refractivity (Wildman–Crippen MR) is 77.9 cm³/mol. The molecule has 0 aliphatic heterocycles. The molecule has 3 heteroatoms. The van der Waals surface area contributed by atoms with E-state index in [0.717, 1.165) is 22.1 Å². The molecule has 1 aromatic heterocycles. The van der Waals surface area contributed by atoms with Gasteiger partial charge in [-0.1, -0.05) is 24.3 Å². The van der Waals surface area contributed by atoms with Crippen LogP contribution in [0.4, 0.5) is 0 Å². The van der Waals surface area contributed by atoms with Crippen molar-refractivity contribution in [2.24, 2.45) is 0 Å². The molecule has 2 aromatic carbocycles. The van der Waals surface area contributed by atoms with E-state index in [2.05, 4.69) is 6.07 Å². The van der Waals surface area contributed by atoms with Gasteiger partial charge in [-0.25, -0.2) is 0 Å². The van der Waals surface area contributed by atoms with E-state index < -0.39 is 6.10 Å². The average molecular weight is 268 g/mol. The van der Waals surface area contributed by atoms with E-state index in [1.807, 2.05) is 30.3 Å². The van der Waals surface area contributed by atoms with Crippen molar-refractivity contribution in [2.45, 2.75) is 12.5 Å². The molecule has 3 aromatic rings. The highest BCUT2D eigenvalue weighted by molar-refractivity contribution is 5.87. The first-order valence-electron chi connectivity index (χ1n) is 6.55. The van der Waals surface area contributed by atoms with Gasteiger partial charge >= 0.3 is 0 Å². The van der Waals surface area contributed by atoms with Crippen LogP contribution < -0.4 is 4.74 Å². The summed E-state index contributed by atoms with van der Waals surface area (Å²) in [5.74, 6) is 1.40. The molecule has 0 fully saturated rings. The molecule has 1 unspecified atom stereocenters. The summed E-state index contributed by atoms with van der Waals surface area (Å²) in [5.41, 5.74) is 1.07. The molecular formula is C17H16O3. The van der Waals surface area contributed by atoms with Crippen molar-refractivity contribution in [3.8, 4) is 5.75 Å². The minimum Gasteiger partial charge on any atom is -0.497 e. The summed E-state index contributed by atoms with van der Waals surface area (Å²) in [6.45, 7) is 0. The molecule has 0 radical (unpaired) electrons. The van der Waals surface area contributed by atoms with Crippen molar-refractivity contribution < 1.29 is 14.3 Å². The van der Waals surface area contributed by atoms with E-state index in [1.165, 1.54) is 0 Å². The Morgan fingerprint density at radius 2 is 2.05 bits per heavy atom. The first-order valence-corrected chi connectivity index (χ1v) is 6.55. The van der Waals surface area contributed by atoms with Crippen LogP contribution in [0.3, 0.4) is 0 Å². The van der Waals surface area contributed by atoms with Crippen molar-refractivity contribution in [3.63, 3.8) is 0 Å². The zero-order valence-electron chi connectivity index (χ0n) is 11.2. The van der Waals surface area contributed by atoms with Crippen LogP contribution in [0, 0.1) is 0 Å². The van der Waals surface area contributed by atoms with Gasteiger partial charge in [-0.15, -0.1) is 0 Å². The van der Waals surface area contributed by atoms with Gasteiger partial charge in [0.2, 0.25) is 0 Å². The fourth-order valence-electron chi connectivity index (χ4n) is 2.41. The number of aliphatic hydroxyl groups excluding tert-OH is 1. The van der Waals surface area contributed by atoms with Crippen LogP contribution >= 0.6 is 0 Å². The third-order valence-electron chi connectivity index (χ3n) is 3.46. The normalized spacial score (nSPS) is 12.5. The Balaban J connectivity index is 1.98. The first-order chi connectivity index (χ1) is 9.78. The minimum absolute atomic E-state index is 0.512. The fourth-order valence-corrected chi connectivity index (χ4v) is 2.41. The third kappa shape index (κ3) is 2.40. The summed E-state index contributed by atoms with van der Waals surface area (Å²) in [6, 6.07) is 15.6. The zero-order valence-corrected chi connectivity index (χ0v) is 11.2.